The molecule has 0 saturated carbocycles. The van der Waals surface area contributed by atoms with Gasteiger partial charge in [-0.2, -0.15) is 5.10 Å². The minimum absolute atomic E-state index is 0.0574. The Balaban J connectivity index is 2.19. The Hall–Kier alpha value is -2.50. The number of nitrogen functional groups attached to an aromatic ring is 1. The highest BCUT2D eigenvalue weighted by molar-refractivity contribution is 5.76. The minimum Gasteiger partial charge on any atom is -0.494 e. The van der Waals surface area contributed by atoms with E-state index in [1.54, 1.807) is 25.6 Å². The Morgan fingerprint density at radius 2 is 2.09 bits per heavy atom. The molecule has 0 spiro atoms. The molecule has 2 aromatic rings. The molecular formula is C16H21N3O3. The van der Waals surface area contributed by atoms with E-state index in [9.17, 15) is 4.79 Å². The molecule has 1 aromatic carbocycles. The first-order valence-electron chi connectivity index (χ1n) is 6.97. The average Bonchev–Trinajstić information content (AvgIpc) is 2.84. The minimum atomic E-state index is -0.510. The lowest BCUT2D eigenvalue weighted by Gasteiger charge is -2.19. The number of anilines is 1. The second-order valence-corrected chi connectivity index (χ2v) is 5.94. The number of nitrogens with two attached hydrogens (primary N) is 1. The van der Waals surface area contributed by atoms with Gasteiger partial charge in [0.25, 0.3) is 0 Å². The molecule has 0 fully saturated rings. The highest BCUT2D eigenvalue weighted by atomic mass is 16.6. The van der Waals surface area contributed by atoms with Crippen LogP contribution in [0, 0.1) is 0 Å². The zero-order valence-electron chi connectivity index (χ0n) is 13.3. The van der Waals surface area contributed by atoms with E-state index >= 15 is 0 Å². The lowest BCUT2D eigenvalue weighted by atomic mass is 10.1. The van der Waals surface area contributed by atoms with Gasteiger partial charge in [0.05, 0.1) is 19.0 Å². The quantitative estimate of drug-likeness (QED) is 0.693. The van der Waals surface area contributed by atoms with Crippen LogP contribution in [0.2, 0.25) is 0 Å². The van der Waals surface area contributed by atoms with Crippen molar-refractivity contribution >= 4 is 11.7 Å². The molecule has 0 aliphatic heterocycles. The van der Waals surface area contributed by atoms with Crippen LogP contribution in [-0.4, -0.2) is 28.5 Å². The SMILES string of the molecule is COc1c(N)cccc1-c1cnn(CC(=O)OC(C)(C)C)c1. The van der Waals surface area contributed by atoms with Gasteiger partial charge in [0.2, 0.25) is 0 Å². The fourth-order valence-electron chi connectivity index (χ4n) is 2.11. The topological polar surface area (TPSA) is 79.4 Å². The Morgan fingerprint density at radius 3 is 2.73 bits per heavy atom. The zero-order chi connectivity index (χ0) is 16.3. The third-order valence-corrected chi connectivity index (χ3v) is 2.90. The fraction of sp³-hybridized carbons (Fsp3) is 0.375. The van der Waals surface area contributed by atoms with E-state index in [2.05, 4.69) is 5.10 Å². The molecular weight excluding hydrogens is 282 g/mol. The average molecular weight is 303 g/mol. The Kier molecular flexibility index (Phi) is 4.40. The number of ether oxygens (including phenoxy) is 2. The predicted octanol–water partition coefficient (Wildman–Crippen LogP) is 2.48. The van der Waals surface area contributed by atoms with Crippen molar-refractivity contribution in [3.05, 3.63) is 30.6 Å². The summed E-state index contributed by atoms with van der Waals surface area (Å²) in [4.78, 5) is 11.8. The van der Waals surface area contributed by atoms with Gasteiger partial charge in [-0.25, -0.2) is 0 Å². The maximum atomic E-state index is 11.8. The van der Waals surface area contributed by atoms with Gasteiger partial charge >= 0.3 is 5.97 Å². The molecule has 0 atom stereocenters. The number of carbonyl (C=O) groups excluding carboxylic acids is 1. The summed E-state index contributed by atoms with van der Waals surface area (Å²) in [7, 11) is 1.57. The van der Waals surface area contributed by atoms with Gasteiger partial charge in [-0.3, -0.25) is 9.48 Å². The van der Waals surface area contributed by atoms with E-state index in [0.29, 0.717) is 11.4 Å². The molecule has 2 rings (SSSR count). The summed E-state index contributed by atoms with van der Waals surface area (Å²) in [6, 6.07) is 5.51. The van der Waals surface area contributed by atoms with Gasteiger partial charge in [0.15, 0.2) is 0 Å². The first-order valence-corrected chi connectivity index (χ1v) is 6.97. The summed E-state index contributed by atoms with van der Waals surface area (Å²) in [6.45, 7) is 5.55. The molecule has 0 aliphatic rings. The number of esters is 1. The van der Waals surface area contributed by atoms with Crippen molar-refractivity contribution in [3.63, 3.8) is 0 Å². The number of nitrogens with zero attached hydrogens (tertiary/aromatic N) is 2. The lowest BCUT2D eigenvalue weighted by Crippen LogP contribution is -2.26. The van der Waals surface area contributed by atoms with Crippen molar-refractivity contribution < 1.29 is 14.3 Å². The van der Waals surface area contributed by atoms with Crippen molar-refractivity contribution in [3.8, 4) is 16.9 Å². The second kappa shape index (κ2) is 6.09. The van der Waals surface area contributed by atoms with E-state index in [-0.39, 0.29) is 12.5 Å². The van der Waals surface area contributed by atoms with Crippen molar-refractivity contribution in [1.82, 2.24) is 9.78 Å². The number of rotatable bonds is 4. The molecule has 0 radical (unpaired) electrons. The number of methoxy groups -OCH3 is 1. The van der Waals surface area contributed by atoms with Crippen LogP contribution in [0.1, 0.15) is 20.8 Å². The molecule has 1 aromatic heterocycles. The number of benzene rings is 1. The Bertz CT molecular complexity index is 672. The van der Waals surface area contributed by atoms with Crippen LogP contribution in [0.5, 0.6) is 5.75 Å². The van der Waals surface area contributed by atoms with Crippen molar-refractivity contribution in [2.75, 3.05) is 12.8 Å². The number of aromatic nitrogens is 2. The molecule has 118 valence electrons. The summed E-state index contributed by atoms with van der Waals surface area (Å²) in [5.74, 6) is 0.265. The number of hydrogen-bond acceptors (Lipinski definition) is 5. The molecule has 0 aliphatic carbocycles. The smallest absolute Gasteiger partial charge is 0.328 e. The summed E-state index contributed by atoms with van der Waals surface area (Å²) in [5.41, 5.74) is 7.60. The van der Waals surface area contributed by atoms with Crippen LogP contribution < -0.4 is 10.5 Å². The highest BCUT2D eigenvalue weighted by Crippen LogP contribution is 2.34. The lowest BCUT2D eigenvalue weighted by molar-refractivity contribution is -0.155. The predicted molar refractivity (Wildman–Crippen MR) is 84.5 cm³/mol. The van der Waals surface area contributed by atoms with Gasteiger partial charge in [-0.05, 0) is 26.8 Å². The number of carbonyl (C=O) groups is 1. The summed E-state index contributed by atoms with van der Waals surface area (Å²) in [6.07, 6.45) is 3.43. The van der Waals surface area contributed by atoms with Gasteiger partial charge < -0.3 is 15.2 Å². The molecule has 6 heteroatoms. The number of hydrogen-bond donors (Lipinski definition) is 1. The maximum Gasteiger partial charge on any atom is 0.328 e. The van der Waals surface area contributed by atoms with Gasteiger partial charge in [-0.15, -0.1) is 0 Å². The molecule has 0 unspecified atom stereocenters. The second-order valence-electron chi connectivity index (χ2n) is 5.94. The summed E-state index contributed by atoms with van der Waals surface area (Å²) in [5, 5.41) is 4.19. The van der Waals surface area contributed by atoms with E-state index in [0.717, 1.165) is 11.1 Å². The molecule has 2 N–H and O–H groups in total. The van der Waals surface area contributed by atoms with Crippen molar-refractivity contribution in [2.45, 2.75) is 32.9 Å². The van der Waals surface area contributed by atoms with Crippen LogP contribution in [0.15, 0.2) is 30.6 Å². The van der Waals surface area contributed by atoms with E-state index in [1.165, 1.54) is 4.68 Å². The van der Waals surface area contributed by atoms with Crippen LogP contribution in [0.3, 0.4) is 0 Å². The van der Waals surface area contributed by atoms with Crippen LogP contribution in [0.25, 0.3) is 11.1 Å². The van der Waals surface area contributed by atoms with Crippen LogP contribution >= 0.6 is 0 Å². The summed E-state index contributed by atoms with van der Waals surface area (Å²) >= 11 is 0. The zero-order valence-corrected chi connectivity index (χ0v) is 13.3. The third-order valence-electron chi connectivity index (χ3n) is 2.90. The van der Waals surface area contributed by atoms with E-state index < -0.39 is 5.60 Å². The molecule has 1 heterocycles. The van der Waals surface area contributed by atoms with Crippen molar-refractivity contribution in [2.24, 2.45) is 0 Å². The molecule has 6 nitrogen and oxygen atoms in total. The Labute approximate surface area is 129 Å². The van der Waals surface area contributed by atoms with Gasteiger partial charge in [0.1, 0.15) is 17.9 Å². The molecule has 0 bridgehead atoms. The van der Waals surface area contributed by atoms with E-state index in [1.807, 2.05) is 32.9 Å². The van der Waals surface area contributed by atoms with Crippen LogP contribution in [-0.2, 0) is 16.1 Å². The normalized spacial score (nSPS) is 11.3. The number of para-hydroxylation sites is 1. The molecule has 22 heavy (non-hydrogen) atoms. The van der Waals surface area contributed by atoms with Crippen LogP contribution in [0.4, 0.5) is 5.69 Å². The first kappa shape index (κ1) is 15.9. The maximum absolute atomic E-state index is 11.8. The largest absolute Gasteiger partial charge is 0.494 e. The summed E-state index contributed by atoms with van der Waals surface area (Å²) < 4.78 is 12.1. The van der Waals surface area contributed by atoms with Gasteiger partial charge in [-0.1, -0.05) is 12.1 Å². The van der Waals surface area contributed by atoms with Gasteiger partial charge in [0, 0.05) is 17.3 Å². The fourth-order valence-corrected chi connectivity index (χ4v) is 2.11. The third kappa shape index (κ3) is 3.78. The molecule has 0 amide bonds. The monoisotopic (exact) mass is 303 g/mol. The van der Waals surface area contributed by atoms with Crippen molar-refractivity contribution in [1.29, 1.82) is 0 Å². The molecule has 0 saturated heterocycles. The first-order chi connectivity index (χ1) is 10.3. The van der Waals surface area contributed by atoms with E-state index in [4.69, 9.17) is 15.2 Å². The standard InChI is InChI=1S/C16H21N3O3/c1-16(2,3)22-14(20)10-19-9-11(8-18-19)12-6-5-7-13(17)15(12)21-4/h5-9H,10,17H2,1-4H3. The Morgan fingerprint density at radius 1 is 1.36 bits per heavy atom. The highest BCUT2D eigenvalue weighted by Gasteiger charge is 2.17.